The number of aromatic nitrogens is 3. The number of hydrogen-bond acceptors (Lipinski definition) is 6. The number of nitrogen functional groups attached to an aromatic ring is 1. The fourth-order valence-corrected chi connectivity index (χ4v) is 4.47. The molecule has 0 aliphatic carbocycles. The van der Waals surface area contributed by atoms with Crippen molar-refractivity contribution >= 4 is 17.7 Å². The van der Waals surface area contributed by atoms with Gasteiger partial charge in [0.2, 0.25) is 11.1 Å². The summed E-state index contributed by atoms with van der Waals surface area (Å²) in [6.07, 6.45) is 1.18. The van der Waals surface area contributed by atoms with Crippen molar-refractivity contribution in [2.45, 2.75) is 45.9 Å². The minimum atomic E-state index is 0.125. The maximum Gasteiger partial charge on any atom is 0.233 e. The summed E-state index contributed by atoms with van der Waals surface area (Å²) in [6.45, 7) is 10.3. The fraction of sp³-hybridized carbons (Fsp3) is 0.550. The average Bonchev–Trinajstić information content (AvgIpc) is 2.98. The van der Waals surface area contributed by atoms with E-state index >= 15 is 0 Å². The first-order valence-corrected chi connectivity index (χ1v) is 10.6. The lowest BCUT2D eigenvalue weighted by molar-refractivity contribution is -0.130. The molecule has 2 heterocycles. The normalized spacial score (nSPS) is 19.6. The van der Waals surface area contributed by atoms with Crippen molar-refractivity contribution in [3.8, 4) is 5.75 Å². The molecule has 28 heavy (non-hydrogen) atoms. The predicted octanol–water partition coefficient (Wildman–Crippen LogP) is 2.78. The van der Waals surface area contributed by atoms with E-state index < -0.39 is 0 Å². The van der Waals surface area contributed by atoms with Crippen molar-refractivity contribution in [3.63, 3.8) is 0 Å². The number of rotatable bonds is 6. The van der Waals surface area contributed by atoms with Crippen LogP contribution in [0.15, 0.2) is 23.4 Å². The number of ether oxygens (including phenoxy) is 1. The molecule has 3 rings (SSSR count). The molecule has 0 bridgehead atoms. The lowest BCUT2D eigenvalue weighted by Gasteiger charge is -2.34. The van der Waals surface area contributed by atoms with Gasteiger partial charge in [-0.05, 0) is 43.7 Å². The summed E-state index contributed by atoms with van der Waals surface area (Å²) in [5.74, 6) is 8.95. The third kappa shape index (κ3) is 4.98. The quantitative estimate of drug-likeness (QED) is 0.590. The zero-order valence-corrected chi connectivity index (χ0v) is 17.8. The summed E-state index contributed by atoms with van der Waals surface area (Å²) in [6, 6.07) is 6.01. The standard InChI is InChI=1S/C20H29N5O2S/c1-13-5-6-17(16(4)8-13)27-11-18-22-23-20(25(18)21)28-12-19(26)24-9-14(2)7-15(3)10-24/h5-6,8,14-15H,7,9-12,21H2,1-4H3/t14-,15-/m1/s1. The number of thioether (sulfide) groups is 1. The molecular weight excluding hydrogens is 374 g/mol. The van der Waals surface area contributed by atoms with Gasteiger partial charge in [0, 0.05) is 13.1 Å². The van der Waals surface area contributed by atoms with E-state index in [1.807, 2.05) is 30.9 Å². The van der Waals surface area contributed by atoms with Crippen LogP contribution in [0.4, 0.5) is 0 Å². The molecule has 152 valence electrons. The second-order valence-corrected chi connectivity index (χ2v) is 8.80. The van der Waals surface area contributed by atoms with Crippen LogP contribution in [0.2, 0.25) is 0 Å². The summed E-state index contributed by atoms with van der Waals surface area (Å²) >= 11 is 1.32. The molecule has 2 N–H and O–H groups in total. The monoisotopic (exact) mass is 403 g/mol. The lowest BCUT2D eigenvalue weighted by Crippen LogP contribution is -2.43. The third-order valence-corrected chi connectivity index (χ3v) is 5.90. The van der Waals surface area contributed by atoms with Crippen molar-refractivity contribution < 1.29 is 9.53 Å². The predicted molar refractivity (Wildman–Crippen MR) is 111 cm³/mol. The van der Waals surface area contributed by atoms with E-state index in [4.69, 9.17) is 10.6 Å². The Kier molecular flexibility index (Phi) is 6.49. The van der Waals surface area contributed by atoms with Crippen LogP contribution >= 0.6 is 11.8 Å². The summed E-state index contributed by atoms with van der Waals surface area (Å²) in [5.41, 5.74) is 2.25. The molecule has 8 heteroatoms. The second kappa shape index (κ2) is 8.86. The van der Waals surface area contributed by atoms with Gasteiger partial charge in [0.25, 0.3) is 0 Å². The van der Waals surface area contributed by atoms with Gasteiger partial charge in [-0.15, -0.1) is 10.2 Å². The molecule has 1 amide bonds. The zero-order valence-electron chi connectivity index (χ0n) is 17.0. The Hall–Kier alpha value is -2.22. The average molecular weight is 404 g/mol. The lowest BCUT2D eigenvalue weighted by atomic mass is 9.92. The van der Waals surface area contributed by atoms with Crippen LogP contribution in [0.5, 0.6) is 5.75 Å². The molecule has 1 saturated heterocycles. The molecule has 0 spiro atoms. The Morgan fingerprint density at radius 3 is 2.64 bits per heavy atom. The minimum absolute atomic E-state index is 0.125. The number of hydrogen-bond donors (Lipinski definition) is 1. The number of benzene rings is 1. The molecule has 1 aliphatic heterocycles. The molecular formula is C20H29N5O2S. The first kappa shape index (κ1) is 20.5. The molecule has 1 aliphatic rings. The number of aryl methyl sites for hydroxylation is 2. The van der Waals surface area contributed by atoms with Crippen LogP contribution in [-0.4, -0.2) is 44.5 Å². The maximum absolute atomic E-state index is 12.5. The largest absolute Gasteiger partial charge is 0.485 e. The van der Waals surface area contributed by atoms with Gasteiger partial charge in [-0.2, -0.15) is 0 Å². The Morgan fingerprint density at radius 2 is 1.96 bits per heavy atom. The molecule has 0 saturated carbocycles. The molecule has 1 fully saturated rings. The van der Waals surface area contributed by atoms with E-state index in [2.05, 4.69) is 30.1 Å². The van der Waals surface area contributed by atoms with Crippen molar-refractivity contribution in [1.29, 1.82) is 0 Å². The summed E-state index contributed by atoms with van der Waals surface area (Å²) in [5, 5.41) is 8.74. The van der Waals surface area contributed by atoms with Gasteiger partial charge < -0.3 is 15.5 Å². The van der Waals surface area contributed by atoms with Crippen molar-refractivity contribution in [3.05, 3.63) is 35.2 Å². The van der Waals surface area contributed by atoms with Gasteiger partial charge in [0.15, 0.2) is 5.82 Å². The van der Waals surface area contributed by atoms with Crippen LogP contribution in [0.3, 0.4) is 0 Å². The van der Waals surface area contributed by atoms with Gasteiger partial charge in [0.05, 0.1) is 5.75 Å². The number of carbonyl (C=O) groups is 1. The topological polar surface area (TPSA) is 86.3 Å². The molecule has 1 aromatic heterocycles. The third-order valence-electron chi connectivity index (χ3n) is 4.97. The highest BCUT2D eigenvalue weighted by Gasteiger charge is 2.25. The number of amides is 1. The van der Waals surface area contributed by atoms with Crippen LogP contribution in [-0.2, 0) is 11.4 Å². The van der Waals surface area contributed by atoms with Gasteiger partial charge >= 0.3 is 0 Å². The number of likely N-dealkylation sites (tertiary alicyclic amines) is 1. The molecule has 2 aromatic rings. The van der Waals surface area contributed by atoms with Crippen LogP contribution < -0.4 is 10.6 Å². The van der Waals surface area contributed by atoms with E-state index in [1.54, 1.807) is 0 Å². The highest BCUT2D eigenvalue weighted by molar-refractivity contribution is 7.99. The van der Waals surface area contributed by atoms with E-state index in [9.17, 15) is 4.79 Å². The summed E-state index contributed by atoms with van der Waals surface area (Å²) in [7, 11) is 0. The number of nitrogens with two attached hydrogens (primary N) is 1. The highest BCUT2D eigenvalue weighted by Crippen LogP contribution is 2.23. The Bertz CT molecular complexity index is 828. The number of carbonyl (C=O) groups excluding carboxylic acids is 1. The van der Waals surface area contributed by atoms with Gasteiger partial charge in [-0.3, -0.25) is 4.79 Å². The van der Waals surface area contributed by atoms with Crippen molar-refractivity contribution in [1.82, 2.24) is 19.8 Å². The van der Waals surface area contributed by atoms with Crippen molar-refractivity contribution in [2.75, 3.05) is 24.7 Å². The summed E-state index contributed by atoms with van der Waals surface area (Å²) < 4.78 is 7.23. The minimum Gasteiger partial charge on any atom is -0.485 e. The molecule has 0 unspecified atom stereocenters. The molecule has 1 aromatic carbocycles. The van der Waals surface area contributed by atoms with Crippen molar-refractivity contribution in [2.24, 2.45) is 11.8 Å². The van der Waals surface area contributed by atoms with E-state index in [0.717, 1.165) is 24.4 Å². The SMILES string of the molecule is Cc1ccc(OCc2nnc(SCC(=O)N3C[C@H](C)C[C@@H](C)C3)n2N)c(C)c1. The Balaban J connectivity index is 1.55. The van der Waals surface area contributed by atoms with Crippen LogP contribution in [0.1, 0.15) is 37.2 Å². The number of nitrogens with zero attached hydrogens (tertiary/aromatic N) is 4. The smallest absolute Gasteiger partial charge is 0.233 e. The molecule has 0 radical (unpaired) electrons. The zero-order chi connectivity index (χ0) is 20.3. The van der Waals surface area contributed by atoms with Crippen LogP contribution in [0.25, 0.3) is 0 Å². The van der Waals surface area contributed by atoms with E-state index in [-0.39, 0.29) is 12.5 Å². The first-order chi connectivity index (χ1) is 13.3. The Labute approximate surface area is 170 Å². The fourth-order valence-electron chi connectivity index (χ4n) is 3.69. The van der Waals surface area contributed by atoms with Gasteiger partial charge in [0.1, 0.15) is 12.4 Å². The van der Waals surface area contributed by atoms with E-state index in [0.29, 0.717) is 28.6 Å². The van der Waals surface area contributed by atoms with Crippen LogP contribution in [0, 0.1) is 25.7 Å². The van der Waals surface area contributed by atoms with Gasteiger partial charge in [-0.25, -0.2) is 4.68 Å². The Morgan fingerprint density at radius 1 is 1.25 bits per heavy atom. The molecule has 7 nitrogen and oxygen atoms in total. The maximum atomic E-state index is 12.5. The van der Waals surface area contributed by atoms with Gasteiger partial charge in [-0.1, -0.05) is 43.3 Å². The number of piperidine rings is 1. The first-order valence-electron chi connectivity index (χ1n) is 9.63. The summed E-state index contributed by atoms with van der Waals surface area (Å²) in [4.78, 5) is 14.5. The second-order valence-electron chi connectivity index (χ2n) is 7.86. The highest BCUT2D eigenvalue weighted by atomic mass is 32.2. The van der Waals surface area contributed by atoms with E-state index in [1.165, 1.54) is 28.4 Å². The molecule has 2 atom stereocenters.